The van der Waals surface area contributed by atoms with Crippen LogP contribution in [0.1, 0.15) is 33.0 Å². The van der Waals surface area contributed by atoms with Crippen molar-refractivity contribution in [3.05, 3.63) is 21.4 Å². The summed E-state index contributed by atoms with van der Waals surface area (Å²) in [5, 5.41) is 3.35. The molecule has 2 aliphatic rings. The first-order chi connectivity index (χ1) is 8.21. The summed E-state index contributed by atoms with van der Waals surface area (Å²) in [6.07, 6.45) is 2.87. The van der Waals surface area contributed by atoms with Crippen molar-refractivity contribution in [3.8, 4) is 0 Å². The number of ether oxygens (including phenoxy) is 1. The fourth-order valence-electron chi connectivity index (χ4n) is 2.75. The highest BCUT2D eigenvalue weighted by atomic mass is 32.1. The number of rotatable bonds is 1. The largest absolute Gasteiger partial charge is 0.369 e. The minimum Gasteiger partial charge on any atom is -0.369 e. The summed E-state index contributed by atoms with van der Waals surface area (Å²) in [4.78, 5) is 13.2. The number of piperidine rings is 1. The lowest BCUT2D eigenvalue weighted by molar-refractivity contribution is -0.0771. The van der Waals surface area contributed by atoms with E-state index in [1.807, 2.05) is 6.07 Å². The van der Waals surface area contributed by atoms with Crippen LogP contribution in [0, 0.1) is 0 Å². The molecule has 0 unspecified atom stereocenters. The van der Waals surface area contributed by atoms with E-state index in [0.29, 0.717) is 4.88 Å². The average Bonchev–Trinajstić information content (AvgIpc) is 2.76. The Morgan fingerprint density at radius 1 is 1.47 bits per heavy atom. The van der Waals surface area contributed by atoms with Crippen LogP contribution in [-0.4, -0.2) is 25.6 Å². The van der Waals surface area contributed by atoms with Gasteiger partial charge in [0.1, 0.15) is 5.60 Å². The fourth-order valence-corrected chi connectivity index (χ4v) is 4.01. The van der Waals surface area contributed by atoms with E-state index in [2.05, 4.69) is 5.32 Å². The molecule has 17 heavy (non-hydrogen) atoms. The highest BCUT2D eigenvalue weighted by molar-refractivity contribution is 7.14. The summed E-state index contributed by atoms with van der Waals surface area (Å²) in [6, 6.07) is 1.95. The number of fused-ring (bicyclic) bond motifs is 2. The average molecular weight is 252 g/mol. The maximum Gasteiger partial charge on any atom is 0.258 e. The Morgan fingerprint density at radius 3 is 2.94 bits per heavy atom. The van der Waals surface area contributed by atoms with Gasteiger partial charge in [0.2, 0.25) is 0 Å². The summed E-state index contributed by atoms with van der Waals surface area (Å²) in [6.45, 7) is 2.70. The monoisotopic (exact) mass is 252 g/mol. The number of carbonyl (C=O) groups is 1. The maximum atomic E-state index is 11.3. The second-order valence-corrected chi connectivity index (χ2v) is 5.72. The molecule has 1 aromatic heterocycles. The van der Waals surface area contributed by atoms with Crippen LogP contribution in [0.25, 0.3) is 0 Å². The Bertz CT molecular complexity index is 449. The third kappa shape index (κ3) is 1.78. The third-order valence-corrected chi connectivity index (χ3v) is 5.00. The van der Waals surface area contributed by atoms with Gasteiger partial charge in [-0.2, -0.15) is 0 Å². The van der Waals surface area contributed by atoms with Gasteiger partial charge in [-0.3, -0.25) is 4.79 Å². The number of hydrogen-bond acceptors (Lipinski definition) is 4. The molecule has 3 rings (SSSR count). The quantitative estimate of drug-likeness (QED) is 0.783. The Labute approximate surface area is 104 Å². The molecule has 3 N–H and O–H groups in total. The van der Waals surface area contributed by atoms with Crippen molar-refractivity contribution in [2.45, 2.75) is 24.9 Å². The molecule has 5 heteroatoms. The van der Waals surface area contributed by atoms with Crippen molar-refractivity contribution in [3.63, 3.8) is 0 Å². The topological polar surface area (TPSA) is 64.4 Å². The number of carbonyl (C=O) groups excluding carboxylic acids is 1. The van der Waals surface area contributed by atoms with Crippen molar-refractivity contribution in [2.24, 2.45) is 5.73 Å². The zero-order valence-corrected chi connectivity index (χ0v) is 10.4. The van der Waals surface area contributed by atoms with E-state index in [9.17, 15) is 4.79 Å². The number of primary amides is 1. The molecule has 2 aliphatic heterocycles. The predicted octanol–water partition coefficient (Wildman–Crippen LogP) is 0.998. The van der Waals surface area contributed by atoms with Crippen molar-refractivity contribution >= 4 is 17.2 Å². The molecule has 1 aromatic rings. The normalized spacial score (nSPS) is 22.4. The SMILES string of the molecule is NC(=O)c1cc2c(s1)C1(CCNCC1)OCC2. The summed E-state index contributed by atoms with van der Waals surface area (Å²) in [5.74, 6) is -0.325. The molecule has 1 saturated heterocycles. The molecular weight excluding hydrogens is 236 g/mol. The molecule has 0 saturated carbocycles. The van der Waals surface area contributed by atoms with E-state index in [4.69, 9.17) is 10.5 Å². The van der Waals surface area contributed by atoms with Gasteiger partial charge in [0.05, 0.1) is 11.5 Å². The summed E-state index contributed by atoms with van der Waals surface area (Å²) in [7, 11) is 0. The highest BCUT2D eigenvalue weighted by Gasteiger charge is 2.40. The van der Waals surface area contributed by atoms with Crippen molar-refractivity contribution in [1.29, 1.82) is 0 Å². The van der Waals surface area contributed by atoms with Crippen LogP contribution in [-0.2, 0) is 16.8 Å². The van der Waals surface area contributed by atoms with E-state index in [1.54, 1.807) is 0 Å². The van der Waals surface area contributed by atoms with Gasteiger partial charge in [-0.15, -0.1) is 11.3 Å². The van der Waals surface area contributed by atoms with E-state index >= 15 is 0 Å². The molecule has 3 heterocycles. The molecule has 0 aromatic carbocycles. The van der Waals surface area contributed by atoms with Crippen LogP contribution in [0.5, 0.6) is 0 Å². The summed E-state index contributed by atoms with van der Waals surface area (Å²) in [5.41, 5.74) is 6.47. The first kappa shape index (κ1) is 11.2. The molecule has 1 fully saturated rings. The second-order valence-electron chi connectivity index (χ2n) is 4.67. The molecule has 92 valence electrons. The van der Waals surface area contributed by atoms with Gasteiger partial charge >= 0.3 is 0 Å². The Hall–Kier alpha value is -0.910. The standard InChI is InChI=1S/C12H16N2O2S/c13-11(15)9-7-8-1-6-16-12(10(8)17-9)2-4-14-5-3-12/h7,14H,1-6H2,(H2,13,15). The summed E-state index contributed by atoms with van der Waals surface area (Å²) >= 11 is 1.52. The zero-order chi connectivity index (χ0) is 11.9. The van der Waals surface area contributed by atoms with Gasteiger partial charge in [0.25, 0.3) is 5.91 Å². The lowest BCUT2D eigenvalue weighted by Gasteiger charge is -2.40. The van der Waals surface area contributed by atoms with Crippen LogP contribution >= 0.6 is 11.3 Å². The fraction of sp³-hybridized carbons (Fsp3) is 0.583. The van der Waals surface area contributed by atoms with Crippen LogP contribution in [0.3, 0.4) is 0 Å². The van der Waals surface area contributed by atoms with Crippen LogP contribution in [0.2, 0.25) is 0 Å². The van der Waals surface area contributed by atoms with Gasteiger partial charge < -0.3 is 15.8 Å². The Morgan fingerprint density at radius 2 is 2.24 bits per heavy atom. The number of amides is 1. The molecule has 0 bridgehead atoms. The van der Waals surface area contributed by atoms with Crippen LogP contribution in [0.4, 0.5) is 0 Å². The molecular formula is C12H16N2O2S. The number of hydrogen-bond donors (Lipinski definition) is 2. The maximum absolute atomic E-state index is 11.3. The first-order valence-corrected chi connectivity index (χ1v) is 6.81. The second kappa shape index (κ2) is 4.08. The van der Waals surface area contributed by atoms with Crippen LogP contribution in [0.15, 0.2) is 6.07 Å². The molecule has 4 nitrogen and oxygen atoms in total. The van der Waals surface area contributed by atoms with Crippen LogP contribution < -0.4 is 11.1 Å². The van der Waals surface area contributed by atoms with E-state index < -0.39 is 0 Å². The minimum atomic E-state index is -0.325. The van der Waals surface area contributed by atoms with Gasteiger partial charge in [-0.25, -0.2) is 0 Å². The first-order valence-electron chi connectivity index (χ1n) is 5.99. The molecule has 1 spiro atoms. The molecule has 0 aliphatic carbocycles. The van der Waals surface area contributed by atoms with Gasteiger partial charge in [-0.05, 0) is 44.0 Å². The lowest BCUT2D eigenvalue weighted by atomic mass is 9.86. The highest BCUT2D eigenvalue weighted by Crippen LogP contribution is 2.44. The molecule has 1 amide bonds. The van der Waals surface area contributed by atoms with E-state index in [1.165, 1.54) is 21.8 Å². The number of nitrogens with two attached hydrogens (primary N) is 1. The number of nitrogens with one attached hydrogen (secondary N) is 1. The van der Waals surface area contributed by atoms with E-state index in [-0.39, 0.29) is 11.5 Å². The Kier molecular flexibility index (Phi) is 2.69. The smallest absolute Gasteiger partial charge is 0.258 e. The van der Waals surface area contributed by atoms with Gasteiger partial charge in [0.15, 0.2) is 0 Å². The third-order valence-electron chi connectivity index (χ3n) is 3.63. The zero-order valence-electron chi connectivity index (χ0n) is 9.62. The lowest BCUT2D eigenvalue weighted by Crippen LogP contribution is -2.43. The summed E-state index contributed by atoms with van der Waals surface area (Å²) < 4.78 is 6.04. The predicted molar refractivity (Wildman–Crippen MR) is 66.3 cm³/mol. The number of thiophene rings is 1. The van der Waals surface area contributed by atoms with Crippen molar-refractivity contribution < 1.29 is 9.53 Å². The Balaban J connectivity index is 2.03. The van der Waals surface area contributed by atoms with E-state index in [0.717, 1.165) is 39.0 Å². The van der Waals surface area contributed by atoms with Crippen molar-refractivity contribution in [2.75, 3.05) is 19.7 Å². The van der Waals surface area contributed by atoms with Crippen molar-refractivity contribution in [1.82, 2.24) is 5.32 Å². The van der Waals surface area contributed by atoms with Gasteiger partial charge in [0, 0.05) is 4.88 Å². The molecule has 0 atom stereocenters. The van der Waals surface area contributed by atoms with Gasteiger partial charge in [-0.1, -0.05) is 0 Å². The minimum absolute atomic E-state index is 0.156. The molecule has 0 radical (unpaired) electrons.